The molecule has 19 heavy (non-hydrogen) atoms. The summed E-state index contributed by atoms with van der Waals surface area (Å²) in [5.41, 5.74) is 1.66. The van der Waals surface area contributed by atoms with Gasteiger partial charge in [0, 0.05) is 19.6 Å². The average Bonchev–Trinajstić information content (AvgIpc) is 2.97. The minimum absolute atomic E-state index is 0. The van der Waals surface area contributed by atoms with Crippen LogP contribution in [0.3, 0.4) is 0 Å². The summed E-state index contributed by atoms with van der Waals surface area (Å²) in [6.45, 7) is 5.62. The predicted octanol–water partition coefficient (Wildman–Crippen LogP) is 3.60. The highest BCUT2D eigenvalue weighted by molar-refractivity contribution is 6.42. The summed E-state index contributed by atoms with van der Waals surface area (Å²) < 4.78 is 0. The number of likely N-dealkylation sites (tertiary alicyclic amines) is 1. The van der Waals surface area contributed by atoms with Crippen molar-refractivity contribution in [2.75, 3.05) is 26.2 Å². The number of hydrogen-bond donors (Lipinski definition) is 1. The first-order valence-corrected chi connectivity index (χ1v) is 7.30. The van der Waals surface area contributed by atoms with Gasteiger partial charge in [-0.1, -0.05) is 35.3 Å². The van der Waals surface area contributed by atoms with E-state index in [4.69, 9.17) is 23.2 Å². The van der Waals surface area contributed by atoms with Gasteiger partial charge in [-0.25, -0.2) is 0 Å². The summed E-state index contributed by atoms with van der Waals surface area (Å²) in [6, 6.07) is 5.90. The molecule has 2 fully saturated rings. The summed E-state index contributed by atoms with van der Waals surface area (Å²) in [7, 11) is 0. The van der Waals surface area contributed by atoms with E-state index in [-0.39, 0.29) is 12.4 Å². The Morgan fingerprint density at radius 2 is 2.11 bits per heavy atom. The molecule has 0 aromatic heterocycles. The van der Waals surface area contributed by atoms with Crippen LogP contribution in [0.1, 0.15) is 18.4 Å². The molecule has 106 valence electrons. The van der Waals surface area contributed by atoms with Gasteiger partial charge in [-0.05, 0) is 43.0 Å². The van der Waals surface area contributed by atoms with Crippen LogP contribution in [0.5, 0.6) is 0 Å². The van der Waals surface area contributed by atoms with E-state index in [9.17, 15) is 0 Å². The maximum absolute atomic E-state index is 6.25. The SMILES string of the molecule is Cl.Clc1cccc(CN2CCC3(CCNC3)C2)c1Cl. The molecule has 1 aromatic rings. The lowest BCUT2D eigenvalue weighted by molar-refractivity contribution is 0.269. The smallest absolute Gasteiger partial charge is 0.0637 e. The summed E-state index contributed by atoms with van der Waals surface area (Å²) >= 11 is 12.3. The molecule has 0 bridgehead atoms. The van der Waals surface area contributed by atoms with Gasteiger partial charge in [-0.2, -0.15) is 0 Å². The van der Waals surface area contributed by atoms with Crippen molar-refractivity contribution in [3.8, 4) is 0 Å². The summed E-state index contributed by atoms with van der Waals surface area (Å²) in [5.74, 6) is 0. The number of hydrogen-bond acceptors (Lipinski definition) is 2. The van der Waals surface area contributed by atoms with E-state index in [1.54, 1.807) is 0 Å². The number of rotatable bonds is 2. The largest absolute Gasteiger partial charge is 0.316 e. The molecule has 1 aromatic carbocycles. The third kappa shape index (κ3) is 3.20. The lowest BCUT2D eigenvalue weighted by Gasteiger charge is -2.23. The lowest BCUT2D eigenvalue weighted by atomic mass is 9.86. The Balaban J connectivity index is 0.00000133. The average molecular weight is 322 g/mol. The molecular formula is C14H19Cl3N2. The zero-order valence-electron chi connectivity index (χ0n) is 10.8. The molecule has 1 spiro atoms. The minimum atomic E-state index is 0. The standard InChI is InChI=1S/C14H18Cl2N2.ClH/c15-12-3-1-2-11(13(12)16)8-18-7-5-14(10-18)4-6-17-9-14;/h1-3,17H,4-10H2;1H. The molecule has 2 nitrogen and oxygen atoms in total. The van der Waals surface area contributed by atoms with Gasteiger partial charge in [-0.3, -0.25) is 4.90 Å². The van der Waals surface area contributed by atoms with Gasteiger partial charge in [0.1, 0.15) is 0 Å². The minimum Gasteiger partial charge on any atom is -0.316 e. The van der Waals surface area contributed by atoms with Crippen LogP contribution in [0.2, 0.25) is 10.0 Å². The molecule has 0 saturated carbocycles. The Kier molecular flexibility index (Phi) is 5.02. The molecule has 2 heterocycles. The van der Waals surface area contributed by atoms with Crippen molar-refractivity contribution in [2.45, 2.75) is 19.4 Å². The van der Waals surface area contributed by atoms with Crippen LogP contribution in [-0.4, -0.2) is 31.1 Å². The van der Waals surface area contributed by atoms with Crippen LogP contribution in [0.15, 0.2) is 18.2 Å². The van der Waals surface area contributed by atoms with Crippen LogP contribution < -0.4 is 5.32 Å². The fourth-order valence-electron chi connectivity index (χ4n) is 3.22. The van der Waals surface area contributed by atoms with Gasteiger partial charge in [0.25, 0.3) is 0 Å². The van der Waals surface area contributed by atoms with Crippen molar-refractivity contribution in [1.82, 2.24) is 10.2 Å². The third-order valence-electron chi connectivity index (χ3n) is 4.28. The molecule has 3 rings (SSSR count). The first-order valence-electron chi connectivity index (χ1n) is 6.55. The zero-order chi connectivity index (χ0) is 12.6. The van der Waals surface area contributed by atoms with Crippen molar-refractivity contribution in [3.63, 3.8) is 0 Å². The first kappa shape index (κ1) is 15.4. The Labute approximate surface area is 130 Å². The highest BCUT2D eigenvalue weighted by atomic mass is 35.5. The van der Waals surface area contributed by atoms with Crippen molar-refractivity contribution in [2.24, 2.45) is 5.41 Å². The molecule has 0 radical (unpaired) electrons. The molecule has 1 unspecified atom stereocenters. The Hall–Kier alpha value is 0.01000. The van der Waals surface area contributed by atoms with Crippen LogP contribution in [-0.2, 0) is 6.54 Å². The van der Waals surface area contributed by atoms with E-state index in [1.807, 2.05) is 12.1 Å². The molecule has 2 aliphatic heterocycles. The topological polar surface area (TPSA) is 15.3 Å². The van der Waals surface area contributed by atoms with Gasteiger partial charge in [0.2, 0.25) is 0 Å². The Morgan fingerprint density at radius 1 is 1.26 bits per heavy atom. The van der Waals surface area contributed by atoms with E-state index in [2.05, 4.69) is 16.3 Å². The Morgan fingerprint density at radius 3 is 2.84 bits per heavy atom. The second-order valence-electron chi connectivity index (χ2n) is 5.60. The van der Waals surface area contributed by atoms with Gasteiger partial charge >= 0.3 is 0 Å². The molecule has 5 heteroatoms. The number of halogens is 3. The molecule has 2 saturated heterocycles. The van der Waals surface area contributed by atoms with E-state index in [0.717, 1.165) is 12.1 Å². The van der Waals surface area contributed by atoms with Gasteiger partial charge in [0.05, 0.1) is 10.0 Å². The van der Waals surface area contributed by atoms with E-state index < -0.39 is 0 Å². The first-order chi connectivity index (χ1) is 8.69. The van der Waals surface area contributed by atoms with E-state index >= 15 is 0 Å². The third-order valence-corrected chi connectivity index (χ3v) is 5.13. The van der Waals surface area contributed by atoms with Gasteiger partial charge in [-0.15, -0.1) is 12.4 Å². The zero-order valence-corrected chi connectivity index (χ0v) is 13.1. The Bertz CT molecular complexity index is 444. The maximum Gasteiger partial charge on any atom is 0.0637 e. The summed E-state index contributed by atoms with van der Waals surface area (Å²) in [6.07, 6.45) is 2.62. The highest BCUT2D eigenvalue weighted by Crippen LogP contribution is 2.37. The van der Waals surface area contributed by atoms with Crippen LogP contribution >= 0.6 is 35.6 Å². The predicted molar refractivity (Wildman–Crippen MR) is 83.5 cm³/mol. The molecule has 2 aliphatic rings. The highest BCUT2D eigenvalue weighted by Gasteiger charge is 2.40. The number of nitrogens with one attached hydrogen (secondary N) is 1. The lowest BCUT2D eigenvalue weighted by Crippen LogP contribution is -2.29. The van der Waals surface area contributed by atoms with E-state index in [1.165, 1.54) is 39.0 Å². The van der Waals surface area contributed by atoms with Crippen molar-refractivity contribution in [1.29, 1.82) is 0 Å². The maximum atomic E-state index is 6.25. The number of nitrogens with zero attached hydrogens (tertiary/aromatic N) is 1. The molecule has 0 aliphatic carbocycles. The summed E-state index contributed by atoms with van der Waals surface area (Å²) in [5, 5.41) is 4.86. The van der Waals surface area contributed by atoms with Crippen molar-refractivity contribution in [3.05, 3.63) is 33.8 Å². The monoisotopic (exact) mass is 320 g/mol. The second kappa shape index (κ2) is 6.19. The van der Waals surface area contributed by atoms with Crippen LogP contribution in [0, 0.1) is 5.41 Å². The molecule has 0 amide bonds. The van der Waals surface area contributed by atoms with Gasteiger partial charge in [0.15, 0.2) is 0 Å². The molecular weight excluding hydrogens is 303 g/mol. The molecule has 1 N–H and O–H groups in total. The normalized spacial score (nSPS) is 26.8. The number of benzene rings is 1. The van der Waals surface area contributed by atoms with Gasteiger partial charge < -0.3 is 5.32 Å². The van der Waals surface area contributed by atoms with Crippen LogP contribution in [0.4, 0.5) is 0 Å². The summed E-state index contributed by atoms with van der Waals surface area (Å²) in [4.78, 5) is 2.50. The second-order valence-corrected chi connectivity index (χ2v) is 6.39. The van der Waals surface area contributed by atoms with E-state index in [0.29, 0.717) is 15.5 Å². The van der Waals surface area contributed by atoms with Crippen molar-refractivity contribution >= 4 is 35.6 Å². The fourth-order valence-corrected chi connectivity index (χ4v) is 3.60. The van der Waals surface area contributed by atoms with Crippen molar-refractivity contribution < 1.29 is 0 Å². The molecule has 1 atom stereocenters. The quantitative estimate of drug-likeness (QED) is 0.895. The fraction of sp³-hybridized carbons (Fsp3) is 0.571. The van der Waals surface area contributed by atoms with Crippen LogP contribution in [0.25, 0.3) is 0 Å².